The molecule has 33 heavy (non-hydrogen) atoms. The Morgan fingerprint density at radius 1 is 0.879 bits per heavy atom. The molecule has 1 N–H and O–H groups in total. The third-order valence-corrected chi connectivity index (χ3v) is 5.96. The summed E-state index contributed by atoms with van der Waals surface area (Å²) >= 11 is 0. The van der Waals surface area contributed by atoms with Crippen LogP contribution in [0.2, 0.25) is 0 Å². The van der Waals surface area contributed by atoms with E-state index in [1.54, 1.807) is 6.07 Å². The second kappa shape index (κ2) is 9.79. The fourth-order valence-corrected chi connectivity index (χ4v) is 4.40. The quantitative estimate of drug-likeness (QED) is 0.470. The summed E-state index contributed by atoms with van der Waals surface area (Å²) in [5.74, 6) is -0.0644. The maximum Gasteiger partial charge on any atom is 0.416 e. The maximum absolute atomic E-state index is 13.2. The highest BCUT2D eigenvalue weighted by Gasteiger charge is 2.31. The van der Waals surface area contributed by atoms with Gasteiger partial charge in [-0.3, -0.25) is 4.79 Å². The summed E-state index contributed by atoms with van der Waals surface area (Å²) in [6.07, 6.45) is -2.25. The average Bonchev–Trinajstić information content (AvgIpc) is 3.19. The van der Waals surface area contributed by atoms with Crippen molar-refractivity contribution in [2.45, 2.75) is 45.1 Å². The molecule has 0 unspecified atom stereocenters. The molecule has 1 atom stereocenters. The van der Waals surface area contributed by atoms with Crippen LogP contribution in [0.5, 0.6) is 0 Å². The highest BCUT2D eigenvalue weighted by Crippen LogP contribution is 2.33. The maximum atomic E-state index is 13.2. The van der Waals surface area contributed by atoms with E-state index in [4.69, 9.17) is 4.74 Å². The van der Waals surface area contributed by atoms with Gasteiger partial charge in [0.15, 0.2) is 0 Å². The van der Waals surface area contributed by atoms with Gasteiger partial charge in [0.2, 0.25) is 0 Å². The average molecular weight is 454 g/mol. The molecule has 3 aromatic carbocycles. The number of hydrogen-bond acceptors (Lipinski definition) is 3. The number of fused-ring (bicyclic) bond motifs is 1. The topological polar surface area (TPSA) is 46.5 Å². The van der Waals surface area contributed by atoms with Crippen molar-refractivity contribution in [3.8, 4) is 0 Å². The summed E-state index contributed by atoms with van der Waals surface area (Å²) in [6.45, 7) is -0.181. The molecule has 1 aliphatic carbocycles. The number of aliphatic hydroxyl groups excluding tert-OH is 1. The zero-order chi connectivity index (χ0) is 23.4. The van der Waals surface area contributed by atoms with Gasteiger partial charge in [-0.15, -0.1) is 0 Å². The highest BCUT2D eigenvalue weighted by molar-refractivity contribution is 5.70. The Balaban J connectivity index is 1.38. The van der Waals surface area contributed by atoms with Gasteiger partial charge in [0.05, 0.1) is 12.2 Å². The Kier molecular flexibility index (Phi) is 6.84. The number of carbonyl (C=O) groups is 1. The Hall–Kier alpha value is -3.12. The molecule has 0 spiro atoms. The van der Waals surface area contributed by atoms with E-state index in [0.717, 1.165) is 41.7 Å². The third-order valence-electron chi connectivity index (χ3n) is 5.96. The molecule has 172 valence electrons. The number of carbonyl (C=O) groups excluding carboxylic acids is 1. The molecule has 0 heterocycles. The Morgan fingerprint density at radius 3 is 2.33 bits per heavy atom. The number of halogens is 3. The van der Waals surface area contributed by atoms with Crippen molar-refractivity contribution in [1.82, 2.24) is 0 Å². The lowest BCUT2D eigenvalue weighted by Gasteiger charge is -2.12. The molecule has 4 rings (SSSR count). The molecule has 0 bridgehead atoms. The molecule has 3 aromatic rings. The Morgan fingerprint density at radius 2 is 1.61 bits per heavy atom. The van der Waals surface area contributed by atoms with Crippen molar-refractivity contribution < 1.29 is 27.8 Å². The standard InChI is InChI=1S/C27H25F3O3/c28-27(29,30)25-13-20(9-22(14-25)16-31)8-19-6-7-23-11-21(12-24(23)10-19)15-26(32)33-17-18-4-2-1-3-5-18/h1-7,9-10,13-14,21,31H,8,11-12,15-17H2/t21-/m0/s1. The summed E-state index contributed by atoms with van der Waals surface area (Å²) in [4.78, 5) is 12.3. The normalized spacial score (nSPS) is 15.3. The molecule has 0 amide bonds. The van der Waals surface area contributed by atoms with Gasteiger partial charge in [0.1, 0.15) is 6.61 Å². The minimum Gasteiger partial charge on any atom is -0.461 e. The highest BCUT2D eigenvalue weighted by atomic mass is 19.4. The summed E-state index contributed by atoms with van der Waals surface area (Å²) in [7, 11) is 0. The van der Waals surface area contributed by atoms with Gasteiger partial charge in [-0.05, 0) is 70.7 Å². The van der Waals surface area contributed by atoms with E-state index >= 15 is 0 Å². The van der Waals surface area contributed by atoms with Crippen molar-refractivity contribution in [3.63, 3.8) is 0 Å². The molecule has 0 saturated heterocycles. The molecule has 0 fully saturated rings. The Bertz CT molecular complexity index is 1120. The lowest BCUT2D eigenvalue weighted by atomic mass is 9.97. The molecular formula is C27H25F3O3. The van der Waals surface area contributed by atoms with Crippen LogP contribution in [0.4, 0.5) is 13.2 Å². The fraction of sp³-hybridized carbons (Fsp3) is 0.296. The number of hydrogen-bond donors (Lipinski definition) is 1. The van der Waals surface area contributed by atoms with Crippen LogP contribution in [-0.4, -0.2) is 11.1 Å². The van der Waals surface area contributed by atoms with Gasteiger partial charge in [-0.1, -0.05) is 54.6 Å². The number of esters is 1. The summed E-state index contributed by atoms with van der Waals surface area (Å²) in [5, 5.41) is 9.34. The minimum absolute atomic E-state index is 0.160. The third kappa shape index (κ3) is 6.02. The lowest BCUT2D eigenvalue weighted by Crippen LogP contribution is -2.11. The van der Waals surface area contributed by atoms with Gasteiger partial charge in [0, 0.05) is 6.42 Å². The van der Waals surface area contributed by atoms with Crippen molar-refractivity contribution in [2.24, 2.45) is 5.92 Å². The van der Waals surface area contributed by atoms with Crippen LogP contribution in [0, 0.1) is 5.92 Å². The van der Waals surface area contributed by atoms with Crippen LogP contribution in [0.3, 0.4) is 0 Å². The van der Waals surface area contributed by atoms with Crippen molar-refractivity contribution in [3.05, 3.63) is 106 Å². The number of aliphatic hydroxyl groups is 1. The second-order valence-electron chi connectivity index (χ2n) is 8.60. The van der Waals surface area contributed by atoms with Crippen LogP contribution in [-0.2, 0) is 48.2 Å². The lowest BCUT2D eigenvalue weighted by molar-refractivity contribution is -0.146. The SMILES string of the molecule is O=C(C[C@H]1Cc2ccc(Cc3cc(CO)cc(C(F)(F)F)c3)cc2C1)OCc1ccccc1. The largest absolute Gasteiger partial charge is 0.461 e. The van der Waals surface area contributed by atoms with E-state index < -0.39 is 18.3 Å². The summed E-state index contributed by atoms with van der Waals surface area (Å²) in [6, 6.07) is 19.2. The van der Waals surface area contributed by atoms with Crippen molar-refractivity contribution in [2.75, 3.05) is 0 Å². The first-order valence-corrected chi connectivity index (χ1v) is 10.9. The van der Waals surface area contributed by atoms with Gasteiger partial charge < -0.3 is 9.84 Å². The predicted molar refractivity (Wildman–Crippen MR) is 118 cm³/mol. The number of alkyl halides is 3. The van der Waals surface area contributed by atoms with Crippen LogP contribution in [0.1, 0.15) is 45.4 Å². The first-order valence-electron chi connectivity index (χ1n) is 10.9. The monoisotopic (exact) mass is 454 g/mol. The van der Waals surface area contributed by atoms with E-state index in [9.17, 15) is 23.1 Å². The minimum atomic E-state index is -4.46. The molecule has 1 aliphatic rings. The summed E-state index contributed by atoms with van der Waals surface area (Å²) < 4.78 is 44.9. The first kappa shape index (κ1) is 23.1. The van der Waals surface area contributed by atoms with E-state index in [0.29, 0.717) is 18.4 Å². The molecular weight excluding hydrogens is 429 g/mol. The van der Waals surface area contributed by atoms with Crippen LogP contribution >= 0.6 is 0 Å². The number of rotatable bonds is 7. The Labute approximate surface area is 190 Å². The van der Waals surface area contributed by atoms with Crippen LogP contribution < -0.4 is 0 Å². The van der Waals surface area contributed by atoms with E-state index in [-0.39, 0.29) is 24.1 Å². The van der Waals surface area contributed by atoms with Crippen molar-refractivity contribution >= 4 is 5.97 Å². The van der Waals surface area contributed by atoms with Gasteiger partial charge in [0.25, 0.3) is 0 Å². The van der Waals surface area contributed by atoms with E-state index in [2.05, 4.69) is 0 Å². The number of ether oxygens (including phenoxy) is 1. The zero-order valence-corrected chi connectivity index (χ0v) is 18.1. The molecule has 0 radical (unpaired) electrons. The first-order chi connectivity index (χ1) is 15.8. The summed E-state index contributed by atoms with van der Waals surface area (Å²) in [5.41, 5.74) is 4.15. The van der Waals surface area contributed by atoms with Gasteiger partial charge in [-0.25, -0.2) is 0 Å². The van der Waals surface area contributed by atoms with E-state index in [1.165, 1.54) is 5.56 Å². The number of benzene rings is 3. The zero-order valence-electron chi connectivity index (χ0n) is 18.1. The molecule has 6 heteroatoms. The fourth-order valence-electron chi connectivity index (χ4n) is 4.40. The predicted octanol–water partition coefficient (Wildman–Crippen LogP) is 5.64. The van der Waals surface area contributed by atoms with Crippen LogP contribution in [0.25, 0.3) is 0 Å². The van der Waals surface area contributed by atoms with E-state index in [1.807, 2.05) is 48.5 Å². The van der Waals surface area contributed by atoms with Gasteiger partial charge >= 0.3 is 12.1 Å². The second-order valence-corrected chi connectivity index (χ2v) is 8.60. The molecule has 0 aliphatic heterocycles. The van der Waals surface area contributed by atoms with Gasteiger partial charge in [-0.2, -0.15) is 13.2 Å². The smallest absolute Gasteiger partial charge is 0.416 e. The molecule has 0 saturated carbocycles. The van der Waals surface area contributed by atoms with Crippen LogP contribution in [0.15, 0.2) is 66.7 Å². The molecule has 0 aromatic heterocycles. The molecule has 3 nitrogen and oxygen atoms in total. The van der Waals surface area contributed by atoms with Crippen molar-refractivity contribution in [1.29, 1.82) is 0 Å².